The second-order valence-electron chi connectivity index (χ2n) is 3.40. The number of hydrogen-bond donors (Lipinski definition) is 1. The summed E-state index contributed by atoms with van der Waals surface area (Å²) in [7, 11) is 0. The van der Waals surface area contributed by atoms with Crippen LogP contribution in [0.3, 0.4) is 0 Å². The van der Waals surface area contributed by atoms with E-state index in [0.717, 1.165) is 5.69 Å². The first kappa shape index (κ1) is 8.23. The fraction of sp³-hybridized carbons (Fsp3) is 0.400. The summed E-state index contributed by atoms with van der Waals surface area (Å²) in [4.78, 5) is 14.7. The summed E-state index contributed by atoms with van der Waals surface area (Å²) in [6, 6.07) is 3.45. The van der Waals surface area contributed by atoms with Gasteiger partial charge in [0, 0.05) is 17.8 Å². The first-order valence-electron chi connectivity index (χ1n) is 4.46. The molecule has 13 heavy (non-hydrogen) atoms. The Balaban J connectivity index is 2.17. The molecule has 3 heteroatoms. The molecule has 68 valence electrons. The Kier molecular flexibility index (Phi) is 2.00. The number of carboxylic acids is 1. The van der Waals surface area contributed by atoms with Gasteiger partial charge in [0.05, 0.1) is 5.56 Å². The molecule has 0 saturated heterocycles. The first-order chi connectivity index (χ1) is 6.27. The molecule has 1 aromatic rings. The maximum absolute atomic E-state index is 10.5. The topological polar surface area (TPSA) is 50.2 Å². The molecule has 1 aliphatic rings. The third kappa shape index (κ3) is 1.54. The molecule has 1 aromatic heterocycles. The highest BCUT2D eigenvalue weighted by atomic mass is 16.4. The highest BCUT2D eigenvalue weighted by Crippen LogP contribution is 2.34. The first-order valence-corrected chi connectivity index (χ1v) is 4.46. The van der Waals surface area contributed by atoms with E-state index in [1.807, 2.05) is 6.07 Å². The number of carbonyl (C=O) groups is 1. The van der Waals surface area contributed by atoms with E-state index in [4.69, 9.17) is 5.11 Å². The molecule has 0 aliphatic heterocycles. The summed E-state index contributed by atoms with van der Waals surface area (Å²) in [5, 5.41) is 8.65. The molecule has 0 aromatic carbocycles. The number of nitrogens with zero attached hydrogens (tertiary/aromatic N) is 1. The molecule has 3 nitrogen and oxygen atoms in total. The zero-order valence-electron chi connectivity index (χ0n) is 7.23. The van der Waals surface area contributed by atoms with E-state index < -0.39 is 5.97 Å². The number of hydrogen-bond acceptors (Lipinski definition) is 2. The molecule has 0 atom stereocenters. The molecule has 1 fully saturated rings. The van der Waals surface area contributed by atoms with Gasteiger partial charge in [-0.2, -0.15) is 0 Å². The van der Waals surface area contributed by atoms with Crippen LogP contribution in [-0.2, 0) is 0 Å². The lowest BCUT2D eigenvalue weighted by Crippen LogP contribution is -2.10. The maximum Gasteiger partial charge on any atom is 0.337 e. The minimum absolute atomic E-state index is 0.267. The van der Waals surface area contributed by atoms with Gasteiger partial charge in [0.1, 0.15) is 0 Å². The summed E-state index contributed by atoms with van der Waals surface area (Å²) in [6.45, 7) is 0. The molecule has 0 spiro atoms. The monoisotopic (exact) mass is 177 g/mol. The van der Waals surface area contributed by atoms with Crippen molar-refractivity contribution in [1.82, 2.24) is 4.98 Å². The van der Waals surface area contributed by atoms with Crippen molar-refractivity contribution < 1.29 is 9.90 Å². The van der Waals surface area contributed by atoms with Gasteiger partial charge in [-0.15, -0.1) is 0 Å². The Morgan fingerprint density at radius 3 is 2.62 bits per heavy atom. The molecular weight excluding hydrogens is 166 g/mol. The van der Waals surface area contributed by atoms with Crippen LogP contribution in [0.5, 0.6) is 0 Å². The molecule has 0 bridgehead atoms. The molecule has 2 rings (SSSR count). The predicted octanol–water partition coefficient (Wildman–Crippen LogP) is 2.05. The summed E-state index contributed by atoms with van der Waals surface area (Å²) in [5.74, 6) is -0.337. The van der Waals surface area contributed by atoms with Crippen molar-refractivity contribution in [2.24, 2.45) is 0 Å². The molecule has 1 aliphatic carbocycles. The smallest absolute Gasteiger partial charge is 0.337 e. The van der Waals surface area contributed by atoms with E-state index in [1.165, 1.54) is 25.5 Å². The fourth-order valence-corrected chi connectivity index (χ4v) is 1.48. The zero-order valence-corrected chi connectivity index (χ0v) is 7.23. The second kappa shape index (κ2) is 3.17. The van der Waals surface area contributed by atoms with E-state index in [1.54, 1.807) is 6.07 Å². The van der Waals surface area contributed by atoms with Crippen LogP contribution in [0.15, 0.2) is 18.3 Å². The van der Waals surface area contributed by atoms with Crippen LogP contribution in [0.1, 0.15) is 41.2 Å². The lowest BCUT2D eigenvalue weighted by molar-refractivity contribution is 0.0696. The van der Waals surface area contributed by atoms with Crippen LogP contribution in [-0.4, -0.2) is 16.1 Å². The Morgan fingerprint density at radius 1 is 1.46 bits per heavy atom. The van der Waals surface area contributed by atoms with Crippen molar-refractivity contribution in [2.75, 3.05) is 0 Å². The summed E-state index contributed by atoms with van der Waals surface area (Å²) in [5.41, 5.74) is 1.30. The number of aromatic carboxylic acids is 1. The largest absolute Gasteiger partial charge is 0.478 e. The van der Waals surface area contributed by atoms with Gasteiger partial charge in [0.25, 0.3) is 0 Å². The van der Waals surface area contributed by atoms with Gasteiger partial charge in [-0.3, -0.25) is 4.98 Å². The van der Waals surface area contributed by atoms with Crippen molar-refractivity contribution in [2.45, 2.75) is 25.2 Å². The Morgan fingerprint density at radius 2 is 2.23 bits per heavy atom. The molecule has 0 amide bonds. The van der Waals surface area contributed by atoms with E-state index in [-0.39, 0.29) is 5.56 Å². The highest BCUT2D eigenvalue weighted by Gasteiger charge is 2.20. The summed E-state index contributed by atoms with van der Waals surface area (Å²) in [6.07, 6.45) is 5.10. The number of rotatable bonds is 2. The Bertz CT molecular complexity index is 314. The van der Waals surface area contributed by atoms with Gasteiger partial charge < -0.3 is 5.11 Å². The standard InChI is InChI=1S/C10H11NO2/c12-10(13)8-4-5-9(11-6-8)7-2-1-3-7/h4-7H,1-3H2,(H,12,13). The lowest BCUT2D eigenvalue weighted by Gasteiger charge is -2.24. The van der Waals surface area contributed by atoms with Gasteiger partial charge in [-0.25, -0.2) is 4.79 Å². The van der Waals surface area contributed by atoms with Crippen LogP contribution in [0.25, 0.3) is 0 Å². The van der Waals surface area contributed by atoms with Gasteiger partial charge in [0.15, 0.2) is 0 Å². The normalized spacial score (nSPS) is 16.6. The van der Waals surface area contributed by atoms with Crippen LogP contribution in [0, 0.1) is 0 Å². The lowest BCUT2D eigenvalue weighted by atomic mass is 9.82. The fourth-order valence-electron chi connectivity index (χ4n) is 1.48. The van der Waals surface area contributed by atoms with Crippen LogP contribution in [0.2, 0.25) is 0 Å². The molecular formula is C10H11NO2. The van der Waals surface area contributed by atoms with E-state index >= 15 is 0 Å². The van der Waals surface area contributed by atoms with Crippen molar-refractivity contribution in [1.29, 1.82) is 0 Å². The van der Waals surface area contributed by atoms with E-state index in [0.29, 0.717) is 5.92 Å². The van der Waals surface area contributed by atoms with Crippen LogP contribution < -0.4 is 0 Å². The molecule has 1 N–H and O–H groups in total. The number of pyridine rings is 1. The van der Waals surface area contributed by atoms with Crippen LogP contribution >= 0.6 is 0 Å². The average molecular weight is 177 g/mol. The van der Waals surface area contributed by atoms with Crippen molar-refractivity contribution in [3.05, 3.63) is 29.6 Å². The number of carboxylic acid groups (broad SMARTS) is 1. The molecule has 1 heterocycles. The third-order valence-electron chi connectivity index (χ3n) is 2.56. The molecule has 0 radical (unpaired) electrons. The van der Waals surface area contributed by atoms with Crippen LogP contribution in [0.4, 0.5) is 0 Å². The second-order valence-corrected chi connectivity index (χ2v) is 3.40. The number of aromatic nitrogens is 1. The van der Waals surface area contributed by atoms with Crippen molar-refractivity contribution in [3.8, 4) is 0 Å². The molecule has 0 unspecified atom stereocenters. The van der Waals surface area contributed by atoms with Gasteiger partial charge in [0.2, 0.25) is 0 Å². The highest BCUT2D eigenvalue weighted by molar-refractivity contribution is 5.87. The van der Waals surface area contributed by atoms with E-state index in [9.17, 15) is 4.79 Å². The summed E-state index contributed by atoms with van der Waals surface area (Å²) < 4.78 is 0. The average Bonchev–Trinajstić information content (AvgIpc) is 2.02. The van der Waals surface area contributed by atoms with Gasteiger partial charge >= 0.3 is 5.97 Å². The van der Waals surface area contributed by atoms with Crippen molar-refractivity contribution >= 4 is 5.97 Å². The third-order valence-corrected chi connectivity index (χ3v) is 2.56. The van der Waals surface area contributed by atoms with E-state index in [2.05, 4.69) is 4.98 Å². The quantitative estimate of drug-likeness (QED) is 0.752. The zero-order chi connectivity index (χ0) is 9.26. The maximum atomic E-state index is 10.5. The summed E-state index contributed by atoms with van der Waals surface area (Å²) >= 11 is 0. The Hall–Kier alpha value is -1.38. The van der Waals surface area contributed by atoms with Gasteiger partial charge in [-0.1, -0.05) is 6.42 Å². The SMILES string of the molecule is O=C(O)c1ccc(C2CCC2)nc1. The Labute approximate surface area is 76.4 Å². The minimum atomic E-state index is -0.910. The van der Waals surface area contributed by atoms with Crippen molar-refractivity contribution in [3.63, 3.8) is 0 Å². The molecule has 1 saturated carbocycles. The minimum Gasteiger partial charge on any atom is -0.478 e. The van der Waals surface area contributed by atoms with Gasteiger partial charge in [-0.05, 0) is 25.0 Å². The predicted molar refractivity (Wildman–Crippen MR) is 47.8 cm³/mol.